The molecule has 2 heterocycles. The van der Waals surface area contributed by atoms with E-state index in [1.165, 1.54) is 24.3 Å². The van der Waals surface area contributed by atoms with Crippen molar-refractivity contribution in [3.8, 4) is 0 Å². The topological polar surface area (TPSA) is 79.4 Å². The highest BCUT2D eigenvalue weighted by Gasteiger charge is 2.46. The Kier molecular flexibility index (Phi) is 6.59. The fourth-order valence-electron chi connectivity index (χ4n) is 2.91. The van der Waals surface area contributed by atoms with Crippen LogP contribution < -0.4 is 10.7 Å². The van der Waals surface area contributed by atoms with Gasteiger partial charge in [-0.25, -0.2) is 14.8 Å². The fourth-order valence-corrected chi connectivity index (χ4v) is 4.66. The highest BCUT2D eigenvalue weighted by Crippen LogP contribution is 2.41. The van der Waals surface area contributed by atoms with Gasteiger partial charge < -0.3 is 10.2 Å². The van der Waals surface area contributed by atoms with Crippen molar-refractivity contribution in [2.75, 3.05) is 31.4 Å². The summed E-state index contributed by atoms with van der Waals surface area (Å²) in [6, 6.07) is 5.59. The van der Waals surface area contributed by atoms with Crippen LogP contribution in [0.15, 0.2) is 35.2 Å². The third-order valence-electron chi connectivity index (χ3n) is 4.11. The van der Waals surface area contributed by atoms with Crippen LogP contribution in [-0.2, 0) is 9.73 Å². The molecular weight excluding hydrogens is 454 g/mol. The van der Waals surface area contributed by atoms with Crippen LogP contribution >= 0.6 is 39.3 Å². The molecule has 1 unspecified atom stereocenters. The molecule has 1 fully saturated rings. The van der Waals surface area contributed by atoms with E-state index in [-0.39, 0.29) is 6.61 Å². The van der Waals surface area contributed by atoms with Crippen molar-refractivity contribution < 1.29 is 9.53 Å². The van der Waals surface area contributed by atoms with Crippen molar-refractivity contribution in [3.63, 3.8) is 0 Å². The lowest BCUT2D eigenvalue weighted by atomic mass is 10.2. The molecule has 0 aliphatic carbocycles. The lowest BCUT2D eigenvalue weighted by Crippen LogP contribution is -2.50. The summed E-state index contributed by atoms with van der Waals surface area (Å²) in [5.41, 5.74) is 4.98. The Hall–Kier alpha value is -1.39. The van der Waals surface area contributed by atoms with Gasteiger partial charge in [-0.15, -0.1) is 11.8 Å². The van der Waals surface area contributed by atoms with Gasteiger partial charge in [-0.2, -0.15) is 5.01 Å². The van der Waals surface area contributed by atoms with Crippen LogP contribution in [-0.4, -0.2) is 46.9 Å². The largest absolute Gasteiger partial charge is 0.462 e. The van der Waals surface area contributed by atoms with E-state index in [1.54, 1.807) is 6.92 Å². The number of aromatic nitrogens is 2. The van der Waals surface area contributed by atoms with Gasteiger partial charge in [0.1, 0.15) is 17.6 Å². The molecule has 1 atom stereocenters. The quantitative estimate of drug-likeness (QED) is 0.619. The predicted molar refractivity (Wildman–Crippen MR) is 111 cm³/mol. The van der Waals surface area contributed by atoms with Gasteiger partial charge in [0, 0.05) is 23.8 Å². The lowest BCUT2D eigenvalue weighted by molar-refractivity contribution is 0.0520. The third-order valence-corrected chi connectivity index (χ3v) is 6.24. The number of para-hydroxylation sites is 1. The van der Waals surface area contributed by atoms with Gasteiger partial charge in [0.05, 0.1) is 17.3 Å². The molecule has 0 amide bonds. The first-order valence-corrected chi connectivity index (χ1v) is 10.7. The summed E-state index contributed by atoms with van der Waals surface area (Å²) in [5, 5.41) is 6.02. The zero-order valence-corrected chi connectivity index (χ0v) is 18.0. The Morgan fingerprint density at radius 2 is 2.37 bits per heavy atom. The minimum Gasteiger partial charge on any atom is -0.462 e. The van der Waals surface area contributed by atoms with E-state index in [0.717, 1.165) is 10.2 Å². The Labute approximate surface area is 175 Å². The number of rotatable bonds is 6. The van der Waals surface area contributed by atoms with Gasteiger partial charge in [0.15, 0.2) is 4.99 Å². The molecule has 2 aromatic rings. The molecule has 2 N–H and O–H groups in total. The van der Waals surface area contributed by atoms with E-state index in [0.29, 0.717) is 29.4 Å². The number of halogens is 2. The number of carbonyl (C=O) groups excluding carboxylic acids is 1. The van der Waals surface area contributed by atoms with Crippen LogP contribution in [0.5, 0.6) is 0 Å². The van der Waals surface area contributed by atoms with Crippen molar-refractivity contribution in [1.82, 2.24) is 20.3 Å². The van der Waals surface area contributed by atoms with Crippen LogP contribution in [0.1, 0.15) is 23.0 Å². The van der Waals surface area contributed by atoms with E-state index in [9.17, 15) is 4.79 Å². The second-order valence-corrected chi connectivity index (χ2v) is 7.90. The number of carbonyl (C=O) groups is 1. The summed E-state index contributed by atoms with van der Waals surface area (Å²) in [4.78, 5) is 20.1. The van der Waals surface area contributed by atoms with Crippen LogP contribution in [0.25, 0.3) is 0 Å². The number of nitrogens with zero attached hydrogens (tertiary/aromatic N) is 3. The van der Waals surface area contributed by atoms with Crippen LogP contribution in [0.2, 0.25) is 5.02 Å². The molecule has 1 aromatic carbocycles. The van der Waals surface area contributed by atoms with Gasteiger partial charge in [0.2, 0.25) is 0 Å². The number of hydrogen-bond donors (Lipinski definition) is 2. The minimum atomic E-state index is -0.788. The van der Waals surface area contributed by atoms with E-state index in [4.69, 9.17) is 16.3 Å². The lowest BCUT2D eigenvalue weighted by Gasteiger charge is -2.37. The number of hydrogen-bond acceptors (Lipinski definition) is 8. The van der Waals surface area contributed by atoms with E-state index < -0.39 is 11.0 Å². The third kappa shape index (κ3) is 3.93. The maximum absolute atomic E-state index is 12.4. The molecule has 0 saturated carbocycles. The van der Waals surface area contributed by atoms with Crippen LogP contribution in [0.4, 0.5) is 5.69 Å². The number of benzene rings is 1. The van der Waals surface area contributed by atoms with E-state index in [1.807, 2.05) is 29.5 Å². The highest BCUT2D eigenvalue weighted by atomic mass is 79.9. The second kappa shape index (κ2) is 8.74. The zero-order chi connectivity index (χ0) is 19.4. The molecule has 27 heavy (non-hydrogen) atoms. The first-order chi connectivity index (χ1) is 13.0. The van der Waals surface area contributed by atoms with E-state index in [2.05, 4.69) is 36.6 Å². The summed E-state index contributed by atoms with van der Waals surface area (Å²) in [7, 11) is 0. The summed E-state index contributed by atoms with van der Waals surface area (Å²) < 4.78 is 6.02. The standard InChI is InChI=1S/C17H19BrClN5O2S/c1-3-26-16(25)11-9-20-10-21-15(11)17(27-2)22-7-8-24(17)23-14-12(18)5-4-6-13(14)19/h4-6,9-10,22-23H,3,7-8H2,1-2H3. The van der Waals surface area contributed by atoms with Crippen molar-refractivity contribution >= 4 is 50.9 Å². The molecule has 0 radical (unpaired) electrons. The number of thioether (sulfide) groups is 1. The molecule has 1 aliphatic rings. The first-order valence-electron chi connectivity index (χ1n) is 8.29. The number of nitrogens with one attached hydrogen (secondary N) is 2. The zero-order valence-electron chi connectivity index (χ0n) is 14.8. The molecule has 1 aromatic heterocycles. The molecule has 3 rings (SSSR count). The normalized spacial score (nSPS) is 19.9. The Morgan fingerprint density at radius 3 is 3.07 bits per heavy atom. The first kappa shape index (κ1) is 20.3. The average Bonchev–Trinajstić information content (AvgIpc) is 3.08. The summed E-state index contributed by atoms with van der Waals surface area (Å²) >= 11 is 11.4. The number of anilines is 1. The summed E-state index contributed by atoms with van der Waals surface area (Å²) in [6.07, 6.45) is 4.87. The Morgan fingerprint density at radius 1 is 1.56 bits per heavy atom. The van der Waals surface area contributed by atoms with Gasteiger partial charge in [-0.1, -0.05) is 17.7 Å². The van der Waals surface area contributed by atoms with Crippen LogP contribution in [0, 0.1) is 0 Å². The molecule has 10 heteroatoms. The predicted octanol–water partition coefficient (Wildman–Crippen LogP) is 3.47. The van der Waals surface area contributed by atoms with Gasteiger partial charge in [0.25, 0.3) is 0 Å². The van der Waals surface area contributed by atoms with Crippen LogP contribution in [0.3, 0.4) is 0 Å². The average molecular weight is 473 g/mol. The second-order valence-electron chi connectivity index (χ2n) is 5.64. The van der Waals surface area contributed by atoms with Crippen molar-refractivity contribution in [3.05, 3.63) is 51.5 Å². The minimum absolute atomic E-state index is 0.279. The number of esters is 1. The molecular formula is C17H19BrClN5O2S. The van der Waals surface area contributed by atoms with Gasteiger partial charge in [-0.05, 0) is 41.2 Å². The fraction of sp³-hybridized carbons (Fsp3) is 0.353. The van der Waals surface area contributed by atoms with Gasteiger partial charge in [-0.3, -0.25) is 5.32 Å². The molecule has 1 saturated heterocycles. The highest BCUT2D eigenvalue weighted by molar-refractivity contribution is 9.10. The monoisotopic (exact) mass is 471 g/mol. The maximum atomic E-state index is 12.4. The van der Waals surface area contributed by atoms with Crippen molar-refractivity contribution in [1.29, 1.82) is 0 Å². The number of hydrazine groups is 1. The van der Waals surface area contributed by atoms with E-state index >= 15 is 0 Å². The van der Waals surface area contributed by atoms with Crippen molar-refractivity contribution in [2.24, 2.45) is 0 Å². The molecule has 144 valence electrons. The summed E-state index contributed by atoms with van der Waals surface area (Å²) in [5.74, 6) is -0.450. The molecule has 0 bridgehead atoms. The molecule has 1 aliphatic heterocycles. The summed E-state index contributed by atoms with van der Waals surface area (Å²) in [6.45, 7) is 3.41. The molecule has 7 nitrogen and oxygen atoms in total. The maximum Gasteiger partial charge on any atom is 0.341 e. The van der Waals surface area contributed by atoms with Gasteiger partial charge >= 0.3 is 5.97 Å². The Bertz CT molecular complexity index is 822. The number of ether oxygens (including phenoxy) is 1. The Balaban J connectivity index is 2.03. The molecule has 0 spiro atoms. The smallest absolute Gasteiger partial charge is 0.341 e. The SMILES string of the molecule is CCOC(=O)c1cncnc1C1(SC)NCCN1Nc1c(Cl)cccc1Br. The van der Waals surface area contributed by atoms with Crippen molar-refractivity contribution in [2.45, 2.75) is 11.9 Å².